The van der Waals surface area contributed by atoms with Crippen molar-refractivity contribution in [3.8, 4) is 0 Å². The standard InChI is InChI=1S/C15H24.C10H20O.2C10H16/c1-13-7-5-8-14(2)10-12-15(3,4)11-6-9-13;1-7(2)9-5-4-8(3)6-10(9)11;2*1-7-4-5-8-6-9(7)10(8,2)3/h6-7,10-11H,5,8-9,12H2,1-4H3;7-11H,4-6H2,1-3H3;4,8-9H,5-6H2,1-3H3;8-9H,1,4-6H2,2-3H3/b11-6+,13-7+,14-10+;;;/t;8-,9+,10-;2*8-,9-/m.101/s1. The van der Waals surface area contributed by atoms with Gasteiger partial charge in [0.15, 0.2) is 0 Å². The third-order valence-electron chi connectivity index (χ3n) is 13.5. The molecule has 0 aromatic rings. The molecule has 262 valence electrons. The number of aliphatic hydroxyl groups excluding tert-OH is 1. The topological polar surface area (TPSA) is 20.2 Å². The molecule has 1 N–H and O–H groups in total. The Bertz CT molecular complexity index is 1120. The van der Waals surface area contributed by atoms with E-state index in [9.17, 15) is 5.11 Å². The quantitative estimate of drug-likeness (QED) is 0.285. The van der Waals surface area contributed by atoms with E-state index < -0.39 is 0 Å². The molecule has 0 saturated heterocycles. The highest BCUT2D eigenvalue weighted by Crippen LogP contribution is 2.61. The van der Waals surface area contributed by atoms with Gasteiger partial charge in [-0.1, -0.05) is 128 Å². The van der Waals surface area contributed by atoms with Crippen LogP contribution in [0.2, 0.25) is 0 Å². The zero-order chi connectivity index (χ0) is 34.4. The number of fused-ring (bicyclic) bond motifs is 3. The Labute approximate surface area is 287 Å². The minimum atomic E-state index is -0.0289. The lowest BCUT2D eigenvalue weighted by Crippen LogP contribution is -2.48. The number of hydrogen-bond acceptors (Lipinski definition) is 1. The molecule has 7 atom stereocenters. The number of hydrogen-bond donors (Lipinski definition) is 1. The van der Waals surface area contributed by atoms with Gasteiger partial charge in [0.2, 0.25) is 0 Å². The maximum atomic E-state index is 9.71. The lowest BCUT2D eigenvalue weighted by Gasteiger charge is -2.57. The maximum Gasteiger partial charge on any atom is 0.0573 e. The molecule has 0 aromatic heterocycles. The number of rotatable bonds is 1. The highest BCUT2D eigenvalue weighted by molar-refractivity contribution is 5.21. The minimum absolute atomic E-state index is 0.0289. The molecule has 0 amide bonds. The summed E-state index contributed by atoms with van der Waals surface area (Å²) in [6.45, 7) is 31.8. The molecule has 5 fully saturated rings. The summed E-state index contributed by atoms with van der Waals surface area (Å²) in [6, 6.07) is 0. The van der Waals surface area contributed by atoms with Crippen molar-refractivity contribution in [1.29, 1.82) is 0 Å². The molecule has 1 nitrogen and oxygen atoms in total. The van der Waals surface area contributed by atoms with E-state index in [-0.39, 0.29) is 6.10 Å². The normalized spacial score (nSPS) is 38.3. The van der Waals surface area contributed by atoms with Crippen molar-refractivity contribution < 1.29 is 5.11 Å². The largest absolute Gasteiger partial charge is 0.393 e. The second-order valence-electron chi connectivity index (χ2n) is 18.8. The van der Waals surface area contributed by atoms with E-state index in [0.29, 0.717) is 28.1 Å². The van der Waals surface area contributed by atoms with Gasteiger partial charge in [-0.25, -0.2) is 0 Å². The second kappa shape index (κ2) is 16.4. The molecule has 0 aliphatic heterocycles. The lowest BCUT2D eigenvalue weighted by molar-refractivity contribution is -0.0273. The van der Waals surface area contributed by atoms with Crippen molar-refractivity contribution in [2.45, 2.75) is 166 Å². The molecule has 4 bridgehead atoms. The van der Waals surface area contributed by atoms with E-state index in [1.807, 2.05) is 0 Å². The summed E-state index contributed by atoms with van der Waals surface area (Å²) in [6.07, 6.45) is 27.1. The average molecular weight is 633 g/mol. The Balaban J connectivity index is 0.000000169. The smallest absolute Gasteiger partial charge is 0.0573 e. The van der Waals surface area contributed by atoms with E-state index >= 15 is 0 Å². The van der Waals surface area contributed by atoms with Crippen molar-refractivity contribution in [3.05, 3.63) is 59.3 Å². The van der Waals surface area contributed by atoms with Crippen LogP contribution in [0.5, 0.6) is 0 Å². The van der Waals surface area contributed by atoms with Crippen molar-refractivity contribution in [1.82, 2.24) is 0 Å². The van der Waals surface area contributed by atoms with Gasteiger partial charge in [0.05, 0.1) is 6.10 Å². The lowest BCUT2D eigenvalue weighted by atomic mass is 9.47. The van der Waals surface area contributed by atoms with Crippen LogP contribution in [0.1, 0.15) is 160 Å². The van der Waals surface area contributed by atoms with Crippen LogP contribution >= 0.6 is 0 Å². The average Bonchev–Trinajstić information content (AvgIpc) is 2.98. The van der Waals surface area contributed by atoms with Crippen LogP contribution in [0.15, 0.2) is 59.3 Å². The molecule has 5 saturated carbocycles. The summed E-state index contributed by atoms with van der Waals surface area (Å²) in [5.41, 5.74) is 7.75. The van der Waals surface area contributed by atoms with E-state index in [1.165, 1.54) is 74.5 Å². The Morgan fingerprint density at radius 1 is 0.783 bits per heavy atom. The summed E-state index contributed by atoms with van der Waals surface area (Å²) in [5, 5.41) is 9.71. The first-order valence-electron chi connectivity index (χ1n) is 19.4. The summed E-state index contributed by atoms with van der Waals surface area (Å²) in [4.78, 5) is 0. The molecule has 0 spiro atoms. The zero-order valence-electron chi connectivity index (χ0n) is 32.6. The van der Waals surface area contributed by atoms with Crippen molar-refractivity contribution in [3.63, 3.8) is 0 Å². The van der Waals surface area contributed by atoms with Crippen LogP contribution in [-0.4, -0.2) is 11.2 Å². The third-order valence-corrected chi connectivity index (χ3v) is 13.5. The Kier molecular flexibility index (Phi) is 13.9. The van der Waals surface area contributed by atoms with E-state index in [1.54, 1.807) is 5.57 Å². The van der Waals surface area contributed by atoms with Gasteiger partial charge in [-0.15, -0.1) is 0 Å². The van der Waals surface area contributed by atoms with Crippen molar-refractivity contribution in [2.24, 2.45) is 57.7 Å². The van der Waals surface area contributed by atoms with Crippen LogP contribution in [0, 0.1) is 57.7 Å². The van der Waals surface area contributed by atoms with Crippen LogP contribution < -0.4 is 0 Å². The molecule has 8 aliphatic rings. The second-order valence-corrected chi connectivity index (χ2v) is 18.8. The molecular weight excluding hydrogens is 556 g/mol. The van der Waals surface area contributed by atoms with E-state index in [4.69, 9.17) is 0 Å². The molecule has 1 heteroatoms. The monoisotopic (exact) mass is 633 g/mol. The van der Waals surface area contributed by atoms with Crippen LogP contribution in [0.4, 0.5) is 0 Å². The maximum absolute atomic E-state index is 9.71. The van der Waals surface area contributed by atoms with Crippen molar-refractivity contribution in [2.75, 3.05) is 0 Å². The Hall–Kier alpha value is -1.34. The SMILES string of the molecule is C/C1=C\CC/C(C)=C/CC(C)(C)/C=C/C1.C=C1CC[C@@H]2C[C@H]1C2(C)C.CC(C)[C@@H]1CC[C@@H](C)C[C@H]1O.CC1=CC[C@H]2C[C@@H]1C2(C)C. The van der Waals surface area contributed by atoms with Gasteiger partial charge in [0.25, 0.3) is 0 Å². The zero-order valence-corrected chi connectivity index (χ0v) is 32.6. The number of aliphatic hydroxyl groups is 1. The Morgan fingerprint density at radius 2 is 1.43 bits per heavy atom. The first-order valence-corrected chi connectivity index (χ1v) is 19.4. The summed E-state index contributed by atoms with van der Waals surface area (Å²) < 4.78 is 0. The van der Waals surface area contributed by atoms with Gasteiger partial charge in [-0.05, 0) is 149 Å². The van der Waals surface area contributed by atoms with Crippen LogP contribution in [0.25, 0.3) is 0 Å². The predicted molar refractivity (Wildman–Crippen MR) is 204 cm³/mol. The first-order chi connectivity index (χ1) is 21.3. The van der Waals surface area contributed by atoms with Gasteiger partial charge in [0, 0.05) is 0 Å². The molecule has 0 unspecified atom stereocenters. The molecule has 0 heterocycles. The molecule has 0 radical (unpaired) electrons. The van der Waals surface area contributed by atoms with Gasteiger partial charge in [0.1, 0.15) is 0 Å². The molecule has 8 rings (SSSR count). The molecule has 0 aromatic carbocycles. The number of allylic oxidation sites excluding steroid dienone is 9. The fourth-order valence-electron chi connectivity index (χ4n) is 9.34. The van der Waals surface area contributed by atoms with E-state index in [2.05, 4.69) is 120 Å². The first kappa shape index (κ1) is 39.1. The molecule has 8 aliphatic carbocycles. The fourth-order valence-corrected chi connectivity index (χ4v) is 9.34. The summed E-state index contributed by atoms with van der Waals surface area (Å²) >= 11 is 0. The predicted octanol–water partition coefficient (Wildman–Crippen LogP) is 13.5. The Morgan fingerprint density at radius 3 is 1.91 bits per heavy atom. The van der Waals surface area contributed by atoms with Crippen molar-refractivity contribution >= 4 is 0 Å². The van der Waals surface area contributed by atoms with Gasteiger partial charge < -0.3 is 5.11 Å². The third kappa shape index (κ3) is 10.3. The highest BCUT2D eigenvalue weighted by atomic mass is 16.3. The van der Waals surface area contributed by atoms with Gasteiger partial charge >= 0.3 is 0 Å². The van der Waals surface area contributed by atoms with Crippen LogP contribution in [0.3, 0.4) is 0 Å². The van der Waals surface area contributed by atoms with Gasteiger partial charge in [-0.2, -0.15) is 0 Å². The minimum Gasteiger partial charge on any atom is -0.393 e. The highest BCUT2D eigenvalue weighted by Gasteiger charge is 2.51. The fraction of sp³-hybridized carbons (Fsp3) is 0.778. The molecule has 46 heavy (non-hydrogen) atoms. The summed E-state index contributed by atoms with van der Waals surface area (Å²) in [5.74, 6) is 5.75. The van der Waals surface area contributed by atoms with Crippen LogP contribution in [-0.2, 0) is 0 Å². The van der Waals surface area contributed by atoms with E-state index in [0.717, 1.165) is 48.9 Å². The molecular formula is C45H76O. The summed E-state index contributed by atoms with van der Waals surface area (Å²) in [7, 11) is 0. The van der Waals surface area contributed by atoms with Gasteiger partial charge in [-0.3, -0.25) is 0 Å².